The topological polar surface area (TPSA) is 78.5 Å². The van der Waals surface area contributed by atoms with E-state index in [2.05, 4.69) is 6.07 Å². The first-order valence-corrected chi connectivity index (χ1v) is 7.21. The lowest BCUT2D eigenvalue weighted by atomic mass is 10.1. The summed E-state index contributed by atoms with van der Waals surface area (Å²) in [5, 5.41) is 19.5. The average Bonchev–Trinajstić information content (AvgIpc) is 2.88. The molecule has 3 aromatic rings. The van der Waals surface area contributed by atoms with Crippen molar-refractivity contribution >= 4 is 17.4 Å². The van der Waals surface area contributed by atoms with Crippen molar-refractivity contribution in [1.82, 2.24) is 4.57 Å². The first kappa shape index (κ1) is 14.7. The summed E-state index contributed by atoms with van der Waals surface area (Å²) in [6.45, 7) is 0. The summed E-state index contributed by atoms with van der Waals surface area (Å²) in [5.41, 5.74) is 8.76. The Morgan fingerprint density at radius 3 is 2.04 bits per heavy atom. The monoisotopic (exact) mass is 318 g/mol. The molecule has 0 aliphatic carbocycles. The second-order valence-electron chi connectivity index (χ2n) is 4.89. The molecule has 2 N–H and O–H groups in total. The summed E-state index contributed by atoms with van der Waals surface area (Å²) in [7, 11) is 0. The van der Waals surface area contributed by atoms with E-state index in [1.807, 2.05) is 36.4 Å². The minimum atomic E-state index is 0.182. The zero-order valence-corrected chi connectivity index (χ0v) is 12.7. The second kappa shape index (κ2) is 5.88. The van der Waals surface area contributed by atoms with Crippen LogP contribution in [0, 0.1) is 22.7 Å². The zero-order valence-electron chi connectivity index (χ0n) is 12.0. The van der Waals surface area contributed by atoms with Crippen LogP contribution in [-0.4, -0.2) is 4.57 Å². The lowest BCUT2D eigenvalue weighted by molar-refractivity contribution is 1.10. The highest BCUT2D eigenvalue weighted by atomic mass is 35.5. The van der Waals surface area contributed by atoms with Gasteiger partial charge in [0.2, 0.25) is 0 Å². The molecule has 3 rings (SSSR count). The number of aromatic nitrogens is 1. The molecule has 0 fully saturated rings. The molecule has 0 aliphatic rings. The van der Waals surface area contributed by atoms with Crippen LogP contribution in [0.5, 0.6) is 0 Å². The number of hydrogen-bond donors (Lipinski definition) is 1. The Bertz CT molecular complexity index is 942. The number of nitriles is 2. The van der Waals surface area contributed by atoms with Gasteiger partial charge in [0.1, 0.15) is 23.5 Å². The average molecular weight is 319 g/mol. The highest BCUT2D eigenvalue weighted by Crippen LogP contribution is 2.35. The molecule has 1 heterocycles. The Morgan fingerprint density at radius 1 is 0.870 bits per heavy atom. The van der Waals surface area contributed by atoms with Crippen molar-refractivity contribution in [3.05, 3.63) is 70.7 Å². The van der Waals surface area contributed by atoms with E-state index in [-0.39, 0.29) is 16.9 Å². The van der Waals surface area contributed by atoms with Gasteiger partial charge in [-0.15, -0.1) is 0 Å². The van der Waals surface area contributed by atoms with Gasteiger partial charge < -0.3 is 5.73 Å². The Labute approximate surface area is 138 Å². The highest BCUT2D eigenvalue weighted by Gasteiger charge is 2.23. The van der Waals surface area contributed by atoms with Crippen LogP contribution < -0.4 is 5.73 Å². The standard InChI is InChI=1S/C18H11ClN4/c19-13-6-8-14(9-7-13)23-17(12-4-2-1-3-5-12)15(10-20)16(11-21)18(23)22/h1-9H,22H2. The van der Waals surface area contributed by atoms with E-state index in [4.69, 9.17) is 17.3 Å². The number of nitrogen functional groups attached to an aromatic ring is 1. The Balaban J connectivity index is 2.40. The molecule has 0 spiro atoms. The van der Waals surface area contributed by atoms with Crippen LogP contribution in [0.4, 0.5) is 5.82 Å². The van der Waals surface area contributed by atoms with E-state index in [1.54, 1.807) is 28.8 Å². The molecule has 0 radical (unpaired) electrons. The fraction of sp³-hybridized carbons (Fsp3) is 0. The predicted molar refractivity (Wildman–Crippen MR) is 90.1 cm³/mol. The zero-order chi connectivity index (χ0) is 16.4. The van der Waals surface area contributed by atoms with Crippen LogP contribution in [0.3, 0.4) is 0 Å². The van der Waals surface area contributed by atoms with Gasteiger partial charge in [0.25, 0.3) is 0 Å². The summed E-state index contributed by atoms with van der Waals surface area (Å²) in [4.78, 5) is 0. The molecule has 1 aromatic heterocycles. The molecular formula is C18H11ClN4. The van der Waals surface area contributed by atoms with Gasteiger partial charge in [0.15, 0.2) is 0 Å². The Hall–Kier alpha value is -3.21. The predicted octanol–water partition coefficient (Wildman–Crippen LogP) is 4.12. The van der Waals surface area contributed by atoms with Gasteiger partial charge in [-0.2, -0.15) is 10.5 Å². The molecule has 0 saturated heterocycles. The van der Waals surface area contributed by atoms with Gasteiger partial charge in [-0.1, -0.05) is 41.9 Å². The van der Waals surface area contributed by atoms with E-state index in [0.717, 1.165) is 11.3 Å². The molecule has 0 atom stereocenters. The lowest BCUT2D eigenvalue weighted by Gasteiger charge is -2.12. The summed E-state index contributed by atoms with van der Waals surface area (Å²) < 4.78 is 1.71. The van der Waals surface area contributed by atoms with Gasteiger partial charge in [-0.25, -0.2) is 0 Å². The maximum atomic E-state index is 9.53. The van der Waals surface area contributed by atoms with E-state index in [1.165, 1.54) is 0 Å². The SMILES string of the molecule is N#Cc1c(C#N)c(-c2ccccc2)n(-c2ccc(Cl)cc2)c1N. The van der Waals surface area contributed by atoms with Crippen LogP contribution in [-0.2, 0) is 0 Å². The fourth-order valence-electron chi connectivity index (χ4n) is 2.54. The van der Waals surface area contributed by atoms with Crippen molar-refractivity contribution in [3.8, 4) is 29.1 Å². The van der Waals surface area contributed by atoms with Crippen LogP contribution in [0.2, 0.25) is 5.02 Å². The molecule has 0 bridgehead atoms. The summed E-state index contributed by atoms with van der Waals surface area (Å²) in [5.74, 6) is 0.241. The second-order valence-corrected chi connectivity index (χ2v) is 5.32. The Kier molecular flexibility index (Phi) is 3.76. The normalized spacial score (nSPS) is 10.0. The van der Waals surface area contributed by atoms with Crippen molar-refractivity contribution in [3.63, 3.8) is 0 Å². The number of benzene rings is 2. The Morgan fingerprint density at radius 2 is 1.48 bits per heavy atom. The highest BCUT2D eigenvalue weighted by molar-refractivity contribution is 6.30. The molecular weight excluding hydrogens is 308 g/mol. The number of anilines is 1. The molecule has 110 valence electrons. The molecule has 0 aliphatic heterocycles. The number of nitrogens with two attached hydrogens (primary N) is 1. The van der Waals surface area contributed by atoms with Crippen LogP contribution in [0.1, 0.15) is 11.1 Å². The van der Waals surface area contributed by atoms with Gasteiger partial charge >= 0.3 is 0 Å². The summed E-state index contributed by atoms with van der Waals surface area (Å²) in [6.07, 6.45) is 0. The molecule has 0 amide bonds. The van der Waals surface area contributed by atoms with E-state index < -0.39 is 0 Å². The minimum absolute atomic E-state index is 0.182. The maximum Gasteiger partial charge on any atom is 0.128 e. The van der Waals surface area contributed by atoms with Crippen LogP contribution >= 0.6 is 11.6 Å². The maximum absolute atomic E-state index is 9.53. The summed E-state index contributed by atoms with van der Waals surface area (Å²) >= 11 is 5.94. The van der Waals surface area contributed by atoms with E-state index in [9.17, 15) is 10.5 Å². The number of hydrogen-bond acceptors (Lipinski definition) is 3. The first-order chi connectivity index (χ1) is 11.2. The molecule has 4 nitrogen and oxygen atoms in total. The van der Waals surface area contributed by atoms with Crippen molar-refractivity contribution in [2.75, 3.05) is 5.73 Å². The third kappa shape index (κ3) is 2.42. The third-order valence-electron chi connectivity index (χ3n) is 3.56. The van der Waals surface area contributed by atoms with Crippen molar-refractivity contribution < 1.29 is 0 Å². The van der Waals surface area contributed by atoms with Gasteiger partial charge in [0, 0.05) is 10.7 Å². The van der Waals surface area contributed by atoms with Crippen LogP contribution in [0.25, 0.3) is 16.9 Å². The summed E-state index contributed by atoms with van der Waals surface area (Å²) in [6, 6.07) is 20.6. The van der Waals surface area contributed by atoms with Crippen molar-refractivity contribution in [1.29, 1.82) is 10.5 Å². The molecule has 0 saturated carbocycles. The fourth-order valence-corrected chi connectivity index (χ4v) is 2.67. The number of halogens is 1. The van der Waals surface area contributed by atoms with Crippen molar-refractivity contribution in [2.24, 2.45) is 0 Å². The van der Waals surface area contributed by atoms with Crippen LogP contribution in [0.15, 0.2) is 54.6 Å². The molecule has 5 heteroatoms. The minimum Gasteiger partial charge on any atom is -0.384 e. The molecule has 0 unspecified atom stereocenters. The third-order valence-corrected chi connectivity index (χ3v) is 3.82. The van der Waals surface area contributed by atoms with Gasteiger partial charge in [0.05, 0.1) is 11.3 Å². The lowest BCUT2D eigenvalue weighted by Crippen LogP contribution is -2.02. The van der Waals surface area contributed by atoms with E-state index >= 15 is 0 Å². The first-order valence-electron chi connectivity index (χ1n) is 6.83. The van der Waals surface area contributed by atoms with Gasteiger partial charge in [-0.3, -0.25) is 4.57 Å². The largest absolute Gasteiger partial charge is 0.384 e. The smallest absolute Gasteiger partial charge is 0.128 e. The van der Waals surface area contributed by atoms with Crippen molar-refractivity contribution in [2.45, 2.75) is 0 Å². The van der Waals surface area contributed by atoms with E-state index in [0.29, 0.717) is 10.7 Å². The number of nitrogens with zero attached hydrogens (tertiary/aromatic N) is 3. The molecule has 23 heavy (non-hydrogen) atoms. The van der Waals surface area contributed by atoms with Gasteiger partial charge in [-0.05, 0) is 29.8 Å². The quantitative estimate of drug-likeness (QED) is 0.771. The molecule has 2 aromatic carbocycles. The number of rotatable bonds is 2.